The van der Waals surface area contributed by atoms with Gasteiger partial charge in [-0.2, -0.15) is 17.9 Å². The second-order valence-corrected chi connectivity index (χ2v) is 6.28. The van der Waals surface area contributed by atoms with E-state index in [0.717, 1.165) is 12.8 Å². The van der Waals surface area contributed by atoms with E-state index in [2.05, 4.69) is 9.44 Å². The highest BCUT2D eigenvalue weighted by atomic mass is 32.2. The molecule has 4 unspecified atom stereocenters. The largest absolute Gasteiger partial charge is 0.383 e. The smallest absolute Gasteiger partial charge is 0.277 e. The monoisotopic (exact) mass is 279 g/mol. The molecule has 106 valence electrons. The third kappa shape index (κ3) is 3.01. The Morgan fingerprint density at radius 1 is 1.50 bits per heavy atom. The molecule has 1 heterocycles. The minimum Gasteiger partial charge on any atom is -0.383 e. The van der Waals surface area contributed by atoms with Crippen LogP contribution in [0.3, 0.4) is 0 Å². The van der Waals surface area contributed by atoms with Crippen molar-refractivity contribution in [3.05, 3.63) is 0 Å². The molecule has 0 aromatic rings. The van der Waals surface area contributed by atoms with Gasteiger partial charge in [-0.1, -0.05) is 0 Å². The van der Waals surface area contributed by atoms with Crippen LogP contribution in [0.5, 0.6) is 0 Å². The molecule has 0 spiro atoms. The molecule has 0 amide bonds. The quantitative estimate of drug-likeness (QED) is 0.517. The molecule has 7 nitrogen and oxygen atoms in total. The normalized spacial score (nSPS) is 35.9. The summed E-state index contributed by atoms with van der Waals surface area (Å²) in [5, 5.41) is 0. The second kappa shape index (κ2) is 5.81. The van der Waals surface area contributed by atoms with Gasteiger partial charge in [0.25, 0.3) is 10.2 Å². The predicted octanol–water partition coefficient (Wildman–Crippen LogP) is -1.44. The highest BCUT2D eigenvalue weighted by Crippen LogP contribution is 2.37. The van der Waals surface area contributed by atoms with Gasteiger partial charge < -0.3 is 15.2 Å². The number of methoxy groups -OCH3 is 1. The second-order valence-electron chi connectivity index (χ2n) is 4.75. The van der Waals surface area contributed by atoms with Gasteiger partial charge >= 0.3 is 0 Å². The van der Waals surface area contributed by atoms with Crippen LogP contribution >= 0.6 is 0 Å². The summed E-state index contributed by atoms with van der Waals surface area (Å²) in [4.78, 5) is 0. The maximum Gasteiger partial charge on any atom is 0.277 e. The van der Waals surface area contributed by atoms with Crippen molar-refractivity contribution < 1.29 is 17.9 Å². The third-order valence-electron chi connectivity index (χ3n) is 3.57. The standard InChI is InChI=1S/C10H21N3O4S/c1-16-6-4-12-18(14,15)13-9-8(11)7-3-2-5-17-10(7)9/h7-10,12-13H,2-6,11H2,1H3. The van der Waals surface area contributed by atoms with E-state index in [-0.39, 0.29) is 30.7 Å². The van der Waals surface area contributed by atoms with Gasteiger partial charge in [-0.25, -0.2) is 0 Å². The van der Waals surface area contributed by atoms with Crippen LogP contribution in [-0.4, -0.2) is 53.5 Å². The Kier molecular flexibility index (Phi) is 4.57. The topological polar surface area (TPSA) is 103 Å². The molecule has 1 saturated heterocycles. The summed E-state index contributed by atoms with van der Waals surface area (Å²) in [6.45, 7) is 1.26. The van der Waals surface area contributed by atoms with Crippen molar-refractivity contribution in [3.63, 3.8) is 0 Å². The first-order valence-electron chi connectivity index (χ1n) is 6.18. The first-order chi connectivity index (χ1) is 8.55. The number of fused-ring (bicyclic) bond motifs is 1. The van der Waals surface area contributed by atoms with Crippen molar-refractivity contribution in [2.75, 3.05) is 26.9 Å². The van der Waals surface area contributed by atoms with Gasteiger partial charge in [0, 0.05) is 32.2 Å². The summed E-state index contributed by atoms with van der Waals surface area (Å²) in [7, 11) is -2.02. The van der Waals surface area contributed by atoms with Crippen LogP contribution in [0, 0.1) is 5.92 Å². The van der Waals surface area contributed by atoms with E-state index >= 15 is 0 Å². The van der Waals surface area contributed by atoms with Gasteiger partial charge in [0.05, 0.1) is 18.8 Å². The summed E-state index contributed by atoms with van der Waals surface area (Å²) < 4.78 is 38.8. The van der Waals surface area contributed by atoms with E-state index in [0.29, 0.717) is 13.2 Å². The summed E-state index contributed by atoms with van der Waals surface area (Å²) in [6.07, 6.45) is 1.94. The Hall–Kier alpha value is -0.250. The van der Waals surface area contributed by atoms with Crippen LogP contribution in [0.1, 0.15) is 12.8 Å². The molecule has 2 aliphatic rings. The van der Waals surface area contributed by atoms with Crippen LogP contribution in [0.4, 0.5) is 0 Å². The molecule has 18 heavy (non-hydrogen) atoms. The molecule has 0 aromatic carbocycles. The molecule has 8 heteroatoms. The fourth-order valence-corrected chi connectivity index (χ4v) is 3.68. The number of hydrogen-bond donors (Lipinski definition) is 3. The third-order valence-corrected chi connectivity index (χ3v) is 4.73. The highest BCUT2D eigenvalue weighted by molar-refractivity contribution is 7.87. The van der Waals surface area contributed by atoms with Crippen molar-refractivity contribution in [1.82, 2.24) is 9.44 Å². The first-order valence-corrected chi connectivity index (χ1v) is 7.66. The van der Waals surface area contributed by atoms with E-state index in [1.54, 1.807) is 0 Å². The van der Waals surface area contributed by atoms with E-state index in [1.165, 1.54) is 7.11 Å². The zero-order valence-corrected chi connectivity index (χ0v) is 11.3. The Morgan fingerprint density at radius 2 is 2.28 bits per heavy atom. The fraction of sp³-hybridized carbons (Fsp3) is 1.00. The lowest BCUT2D eigenvalue weighted by Crippen LogP contribution is -2.72. The Labute approximate surface area is 108 Å². The lowest BCUT2D eigenvalue weighted by molar-refractivity contribution is -0.114. The number of nitrogens with one attached hydrogen (secondary N) is 2. The number of rotatable bonds is 6. The molecule has 0 aromatic heterocycles. The molecule has 2 rings (SSSR count). The summed E-state index contributed by atoms with van der Waals surface area (Å²) in [6, 6.07) is -0.482. The van der Waals surface area contributed by atoms with Crippen LogP contribution < -0.4 is 15.2 Å². The zero-order valence-electron chi connectivity index (χ0n) is 10.5. The zero-order chi connectivity index (χ0) is 13.2. The number of hydrogen-bond acceptors (Lipinski definition) is 5. The minimum absolute atomic E-state index is 0.0762. The molecule has 0 radical (unpaired) electrons. The fourth-order valence-electron chi connectivity index (χ4n) is 2.59. The van der Waals surface area contributed by atoms with Crippen molar-refractivity contribution in [2.45, 2.75) is 31.0 Å². The average molecular weight is 279 g/mol. The molecule has 2 fully saturated rings. The Bertz CT molecular complexity index is 375. The van der Waals surface area contributed by atoms with Crippen molar-refractivity contribution in [3.8, 4) is 0 Å². The first kappa shape index (κ1) is 14.2. The number of nitrogens with two attached hydrogens (primary N) is 1. The van der Waals surface area contributed by atoms with Crippen molar-refractivity contribution in [1.29, 1.82) is 0 Å². The van der Waals surface area contributed by atoms with E-state index < -0.39 is 10.2 Å². The highest BCUT2D eigenvalue weighted by Gasteiger charge is 2.51. The van der Waals surface area contributed by atoms with Gasteiger partial charge in [-0.3, -0.25) is 0 Å². The average Bonchev–Trinajstić information content (AvgIpc) is 2.36. The van der Waals surface area contributed by atoms with Crippen LogP contribution in [0.25, 0.3) is 0 Å². The van der Waals surface area contributed by atoms with E-state index in [4.69, 9.17) is 15.2 Å². The van der Waals surface area contributed by atoms with Crippen molar-refractivity contribution in [2.24, 2.45) is 11.7 Å². The van der Waals surface area contributed by atoms with Gasteiger partial charge in [-0.05, 0) is 12.8 Å². The summed E-state index contributed by atoms with van der Waals surface area (Å²) >= 11 is 0. The lowest BCUT2D eigenvalue weighted by Gasteiger charge is -2.52. The molecular formula is C10H21N3O4S. The number of ether oxygens (including phenoxy) is 2. The van der Waals surface area contributed by atoms with Crippen LogP contribution in [0.15, 0.2) is 0 Å². The van der Waals surface area contributed by atoms with Crippen LogP contribution in [-0.2, 0) is 19.7 Å². The van der Waals surface area contributed by atoms with E-state index in [9.17, 15) is 8.42 Å². The van der Waals surface area contributed by atoms with Crippen LogP contribution in [0.2, 0.25) is 0 Å². The van der Waals surface area contributed by atoms with Gasteiger partial charge in [0.1, 0.15) is 0 Å². The maximum atomic E-state index is 11.7. The Morgan fingerprint density at radius 3 is 3.00 bits per heavy atom. The lowest BCUT2D eigenvalue weighted by atomic mass is 9.69. The predicted molar refractivity (Wildman–Crippen MR) is 66.2 cm³/mol. The SMILES string of the molecule is COCCNS(=O)(=O)NC1C(N)C2CCCOC21. The van der Waals surface area contributed by atoms with Gasteiger partial charge in [-0.15, -0.1) is 0 Å². The molecular weight excluding hydrogens is 258 g/mol. The van der Waals surface area contributed by atoms with Crippen molar-refractivity contribution >= 4 is 10.2 Å². The molecule has 0 bridgehead atoms. The molecule has 1 saturated carbocycles. The summed E-state index contributed by atoms with van der Waals surface area (Å²) in [5.41, 5.74) is 5.98. The minimum atomic E-state index is -3.54. The van der Waals surface area contributed by atoms with Gasteiger partial charge in [0.15, 0.2) is 0 Å². The van der Waals surface area contributed by atoms with E-state index in [1.807, 2.05) is 0 Å². The Balaban J connectivity index is 1.85. The molecule has 4 N–H and O–H groups in total. The molecule has 1 aliphatic heterocycles. The van der Waals surface area contributed by atoms with Gasteiger partial charge in [0.2, 0.25) is 0 Å². The summed E-state index contributed by atoms with van der Waals surface area (Å²) in [5.74, 6) is 0.283. The maximum absolute atomic E-state index is 11.7. The molecule has 4 atom stereocenters. The molecule has 1 aliphatic carbocycles.